The van der Waals surface area contributed by atoms with E-state index in [-0.39, 0.29) is 22.1 Å². The van der Waals surface area contributed by atoms with Crippen LogP contribution in [-0.2, 0) is 4.74 Å². The largest absolute Gasteiger partial charge is 0.478 e. The Hall–Kier alpha value is -3.82. The Bertz CT molecular complexity index is 1430. The Morgan fingerprint density at radius 3 is 2.21 bits per heavy atom. The lowest BCUT2D eigenvalue weighted by Crippen LogP contribution is -2.20. The summed E-state index contributed by atoms with van der Waals surface area (Å²) in [6, 6.07) is 13.0. The summed E-state index contributed by atoms with van der Waals surface area (Å²) in [6.07, 6.45) is 2.06. The summed E-state index contributed by atoms with van der Waals surface area (Å²) in [4.78, 5) is 37.4. The summed E-state index contributed by atoms with van der Waals surface area (Å²) < 4.78 is 7.77. The molecule has 1 unspecified atom stereocenters. The van der Waals surface area contributed by atoms with Crippen LogP contribution in [0.4, 0.5) is 0 Å². The Morgan fingerprint density at radius 2 is 1.56 bits per heavy atom. The fourth-order valence-electron chi connectivity index (χ4n) is 4.27. The molecule has 4 aromatic rings. The second-order valence-corrected chi connectivity index (χ2v) is 8.18. The highest BCUT2D eigenvalue weighted by Gasteiger charge is 2.29. The fraction of sp³-hybridized carbons (Fsp3) is 0.208. The van der Waals surface area contributed by atoms with Crippen LogP contribution in [0, 0.1) is 0 Å². The molecular formula is C24H19ClN4O5. The molecule has 2 aromatic carbocycles. The molecule has 172 valence electrons. The first-order valence-corrected chi connectivity index (χ1v) is 11.1. The predicted molar refractivity (Wildman–Crippen MR) is 124 cm³/mol. The van der Waals surface area contributed by atoms with Gasteiger partial charge in [0.1, 0.15) is 23.3 Å². The Balaban J connectivity index is 1.86. The fourth-order valence-corrected chi connectivity index (χ4v) is 4.43. The second kappa shape index (κ2) is 8.85. The van der Waals surface area contributed by atoms with Crippen LogP contribution in [-0.4, -0.2) is 48.3 Å². The summed E-state index contributed by atoms with van der Waals surface area (Å²) in [5.74, 6) is -1.88. The van der Waals surface area contributed by atoms with E-state index >= 15 is 0 Å². The topological polar surface area (TPSA) is 127 Å². The third kappa shape index (κ3) is 3.78. The van der Waals surface area contributed by atoms with E-state index in [0.717, 1.165) is 12.8 Å². The van der Waals surface area contributed by atoms with Gasteiger partial charge in [0, 0.05) is 17.7 Å². The number of benzene rings is 2. The van der Waals surface area contributed by atoms with Crippen LogP contribution in [0.5, 0.6) is 0 Å². The number of carbonyl (C=O) groups is 2. The second-order valence-electron chi connectivity index (χ2n) is 7.84. The molecule has 2 N–H and O–H groups in total. The van der Waals surface area contributed by atoms with Crippen molar-refractivity contribution in [3.05, 3.63) is 64.9 Å². The SMILES string of the molecule is O=C(O)c1ccccc1-c1nc(Cl)nc2c1nc(-c1ccccc1C(=O)O)n2C1CCCCO1. The van der Waals surface area contributed by atoms with Crippen LogP contribution in [0.1, 0.15) is 46.2 Å². The minimum absolute atomic E-state index is 0.0366. The lowest BCUT2D eigenvalue weighted by Gasteiger charge is -2.26. The van der Waals surface area contributed by atoms with Gasteiger partial charge in [0.25, 0.3) is 0 Å². The predicted octanol–water partition coefficient (Wildman–Crippen LogP) is 4.91. The van der Waals surface area contributed by atoms with E-state index in [0.29, 0.717) is 41.1 Å². The van der Waals surface area contributed by atoms with E-state index in [2.05, 4.69) is 9.97 Å². The van der Waals surface area contributed by atoms with Gasteiger partial charge >= 0.3 is 11.9 Å². The quantitative estimate of drug-likeness (QED) is 0.387. The highest BCUT2D eigenvalue weighted by atomic mass is 35.5. The number of nitrogens with zero attached hydrogens (tertiary/aromatic N) is 4. The highest BCUT2D eigenvalue weighted by molar-refractivity contribution is 6.28. The number of rotatable bonds is 5. The van der Waals surface area contributed by atoms with E-state index in [4.69, 9.17) is 21.3 Å². The van der Waals surface area contributed by atoms with E-state index in [1.54, 1.807) is 41.0 Å². The van der Waals surface area contributed by atoms with Gasteiger partial charge in [0.15, 0.2) is 5.65 Å². The molecular weight excluding hydrogens is 460 g/mol. The molecule has 5 rings (SSSR count). The van der Waals surface area contributed by atoms with Crippen molar-refractivity contribution in [2.45, 2.75) is 25.5 Å². The van der Waals surface area contributed by atoms with Crippen molar-refractivity contribution in [2.24, 2.45) is 0 Å². The number of carboxylic acid groups (broad SMARTS) is 2. The molecule has 0 aliphatic carbocycles. The van der Waals surface area contributed by atoms with Gasteiger partial charge in [-0.05, 0) is 43.0 Å². The first-order valence-electron chi connectivity index (χ1n) is 10.7. The molecule has 2 aromatic heterocycles. The number of halogens is 1. The molecule has 1 atom stereocenters. The van der Waals surface area contributed by atoms with Crippen molar-refractivity contribution >= 4 is 34.7 Å². The number of hydrogen-bond donors (Lipinski definition) is 2. The van der Waals surface area contributed by atoms with Crippen LogP contribution >= 0.6 is 11.6 Å². The number of aromatic carboxylic acids is 2. The molecule has 1 fully saturated rings. The number of aromatic nitrogens is 4. The van der Waals surface area contributed by atoms with Crippen molar-refractivity contribution in [3.8, 4) is 22.6 Å². The maximum atomic E-state index is 12.0. The van der Waals surface area contributed by atoms with Gasteiger partial charge in [0.2, 0.25) is 5.28 Å². The lowest BCUT2D eigenvalue weighted by atomic mass is 10.0. The molecule has 3 heterocycles. The van der Waals surface area contributed by atoms with Crippen LogP contribution in [0.25, 0.3) is 33.8 Å². The average molecular weight is 479 g/mol. The van der Waals surface area contributed by atoms with Crippen molar-refractivity contribution in [1.82, 2.24) is 19.5 Å². The maximum absolute atomic E-state index is 12.0. The van der Waals surface area contributed by atoms with E-state index in [9.17, 15) is 19.8 Å². The highest BCUT2D eigenvalue weighted by Crippen LogP contribution is 2.37. The van der Waals surface area contributed by atoms with Crippen molar-refractivity contribution in [1.29, 1.82) is 0 Å². The first-order chi connectivity index (χ1) is 16.5. The zero-order chi connectivity index (χ0) is 23.8. The van der Waals surface area contributed by atoms with Gasteiger partial charge in [-0.3, -0.25) is 4.57 Å². The van der Waals surface area contributed by atoms with Gasteiger partial charge in [0.05, 0.1) is 11.1 Å². The molecule has 0 radical (unpaired) electrons. The number of ether oxygens (including phenoxy) is 1. The number of fused-ring (bicyclic) bond motifs is 1. The molecule has 34 heavy (non-hydrogen) atoms. The number of imidazole rings is 1. The smallest absolute Gasteiger partial charge is 0.336 e. The van der Waals surface area contributed by atoms with E-state index in [1.807, 2.05) is 0 Å². The van der Waals surface area contributed by atoms with Crippen LogP contribution < -0.4 is 0 Å². The van der Waals surface area contributed by atoms with Gasteiger partial charge in [-0.2, -0.15) is 4.98 Å². The summed E-state index contributed by atoms with van der Waals surface area (Å²) in [7, 11) is 0. The molecule has 0 spiro atoms. The summed E-state index contributed by atoms with van der Waals surface area (Å²) in [6.45, 7) is 0.540. The molecule has 0 saturated carbocycles. The lowest BCUT2D eigenvalue weighted by molar-refractivity contribution is -0.0287. The third-order valence-electron chi connectivity index (χ3n) is 5.77. The molecule has 0 bridgehead atoms. The Labute approximate surface area is 198 Å². The van der Waals surface area contributed by atoms with Crippen molar-refractivity contribution in [3.63, 3.8) is 0 Å². The first kappa shape index (κ1) is 22.0. The summed E-state index contributed by atoms with van der Waals surface area (Å²) >= 11 is 6.31. The third-order valence-corrected chi connectivity index (χ3v) is 5.94. The zero-order valence-corrected chi connectivity index (χ0v) is 18.6. The molecule has 10 heteroatoms. The average Bonchev–Trinajstić information content (AvgIpc) is 3.23. The molecule has 0 amide bonds. The minimum atomic E-state index is -1.12. The van der Waals surface area contributed by atoms with Crippen LogP contribution in [0.2, 0.25) is 5.28 Å². The molecule has 9 nitrogen and oxygen atoms in total. The molecule has 1 saturated heterocycles. The van der Waals surface area contributed by atoms with Gasteiger partial charge in [-0.1, -0.05) is 36.4 Å². The van der Waals surface area contributed by atoms with Gasteiger partial charge < -0.3 is 14.9 Å². The normalized spacial score (nSPS) is 16.0. The zero-order valence-electron chi connectivity index (χ0n) is 17.8. The van der Waals surface area contributed by atoms with Gasteiger partial charge in [-0.15, -0.1) is 0 Å². The minimum Gasteiger partial charge on any atom is -0.478 e. The Kier molecular flexibility index (Phi) is 5.72. The van der Waals surface area contributed by atoms with Crippen molar-refractivity contribution < 1.29 is 24.5 Å². The van der Waals surface area contributed by atoms with Crippen LogP contribution in [0.3, 0.4) is 0 Å². The standard InChI is InChI=1S/C24H19ClN4O5/c25-24-27-18(13-7-1-3-9-15(13)22(30)31)19-21(28-24)29(17-11-5-6-12-34-17)20(26-19)14-8-2-4-10-16(14)23(32)33/h1-4,7-10,17H,5-6,11-12H2,(H,30,31)(H,32,33). The summed E-state index contributed by atoms with van der Waals surface area (Å²) in [5, 5.41) is 19.4. The maximum Gasteiger partial charge on any atom is 0.336 e. The number of carboxylic acids is 2. The van der Waals surface area contributed by atoms with Crippen molar-refractivity contribution in [2.75, 3.05) is 6.61 Å². The molecule has 1 aliphatic heterocycles. The summed E-state index contributed by atoms with van der Waals surface area (Å²) in [5.41, 5.74) is 1.72. The van der Waals surface area contributed by atoms with E-state index in [1.165, 1.54) is 12.1 Å². The van der Waals surface area contributed by atoms with E-state index < -0.39 is 18.2 Å². The Morgan fingerprint density at radius 1 is 0.912 bits per heavy atom. The van der Waals surface area contributed by atoms with Gasteiger partial charge in [-0.25, -0.2) is 19.6 Å². The van der Waals surface area contributed by atoms with Crippen LogP contribution in [0.15, 0.2) is 48.5 Å². The number of hydrogen-bond acceptors (Lipinski definition) is 6. The monoisotopic (exact) mass is 478 g/mol. The molecule has 1 aliphatic rings.